The number of hydrogen-bond donors (Lipinski definition) is 0. The van der Waals surface area contributed by atoms with E-state index in [4.69, 9.17) is 14.2 Å². The molecule has 0 aliphatic carbocycles. The molecule has 0 unspecified atom stereocenters. The molecule has 0 saturated heterocycles. The molecule has 6 nitrogen and oxygen atoms in total. The van der Waals surface area contributed by atoms with E-state index in [0.29, 0.717) is 19.3 Å². The predicted octanol–water partition coefficient (Wildman–Crippen LogP) is 19.3. The Bertz CT molecular complexity index is 993. The van der Waals surface area contributed by atoms with Crippen LogP contribution in [0.4, 0.5) is 0 Å². The lowest BCUT2D eigenvalue weighted by molar-refractivity contribution is -0.167. The van der Waals surface area contributed by atoms with Gasteiger partial charge in [-0.2, -0.15) is 0 Å². The Labute approximate surface area is 406 Å². The van der Waals surface area contributed by atoms with Crippen molar-refractivity contribution >= 4 is 17.9 Å². The Morgan fingerprint density at radius 3 is 0.754 bits per heavy atom. The molecule has 386 valence electrons. The van der Waals surface area contributed by atoms with Crippen LogP contribution in [0.25, 0.3) is 0 Å². The third-order valence-electron chi connectivity index (χ3n) is 13.5. The van der Waals surface area contributed by atoms with E-state index >= 15 is 0 Å². The van der Waals surface area contributed by atoms with Gasteiger partial charge in [0.05, 0.1) is 0 Å². The largest absolute Gasteiger partial charge is 0.462 e. The van der Waals surface area contributed by atoms with Crippen LogP contribution in [-0.4, -0.2) is 37.2 Å². The van der Waals surface area contributed by atoms with Crippen LogP contribution in [0.3, 0.4) is 0 Å². The van der Waals surface area contributed by atoms with E-state index in [-0.39, 0.29) is 31.1 Å². The molecule has 0 fully saturated rings. The van der Waals surface area contributed by atoms with Crippen LogP contribution in [0.1, 0.15) is 330 Å². The summed E-state index contributed by atoms with van der Waals surface area (Å²) in [6.45, 7) is 11.4. The normalized spacial score (nSPS) is 12.0. The molecule has 0 saturated carbocycles. The maximum Gasteiger partial charge on any atom is 0.306 e. The molecule has 0 amide bonds. The summed E-state index contributed by atoms with van der Waals surface area (Å²) in [5, 5.41) is 0. The molecule has 1 atom stereocenters. The van der Waals surface area contributed by atoms with Crippen molar-refractivity contribution < 1.29 is 28.6 Å². The number of hydrogen-bond acceptors (Lipinski definition) is 6. The number of carbonyl (C=O) groups excluding carboxylic acids is 3. The number of ether oxygens (including phenoxy) is 3. The highest BCUT2D eigenvalue weighted by Crippen LogP contribution is 2.18. The minimum Gasteiger partial charge on any atom is -0.462 e. The molecule has 65 heavy (non-hydrogen) atoms. The predicted molar refractivity (Wildman–Crippen MR) is 280 cm³/mol. The maximum absolute atomic E-state index is 12.8. The molecule has 0 N–H and O–H groups in total. The summed E-state index contributed by atoms with van der Waals surface area (Å²) in [4.78, 5) is 38.1. The Morgan fingerprint density at radius 2 is 0.508 bits per heavy atom. The lowest BCUT2D eigenvalue weighted by Crippen LogP contribution is -2.30. The highest BCUT2D eigenvalue weighted by Gasteiger charge is 2.19. The molecular weight excluding hydrogens is 805 g/mol. The van der Waals surface area contributed by atoms with Gasteiger partial charge >= 0.3 is 17.9 Å². The van der Waals surface area contributed by atoms with E-state index in [1.807, 2.05) is 0 Å². The molecule has 0 aromatic heterocycles. The van der Waals surface area contributed by atoms with E-state index in [1.54, 1.807) is 0 Å². The Hall–Kier alpha value is -1.59. The van der Waals surface area contributed by atoms with Gasteiger partial charge in [0.15, 0.2) is 6.10 Å². The van der Waals surface area contributed by atoms with Gasteiger partial charge in [0.2, 0.25) is 0 Å². The molecule has 0 spiro atoms. The lowest BCUT2D eigenvalue weighted by atomic mass is 10.0. The topological polar surface area (TPSA) is 78.9 Å². The van der Waals surface area contributed by atoms with Crippen molar-refractivity contribution in [2.24, 2.45) is 11.8 Å². The van der Waals surface area contributed by atoms with Crippen molar-refractivity contribution in [3.63, 3.8) is 0 Å². The summed E-state index contributed by atoms with van der Waals surface area (Å²) in [6, 6.07) is 0. The van der Waals surface area contributed by atoms with Gasteiger partial charge in [-0.1, -0.05) is 291 Å². The highest BCUT2D eigenvalue weighted by molar-refractivity contribution is 5.71. The third-order valence-corrected chi connectivity index (χ3v) is 13.5. The standard InChI is InChI=1S/C59H114O6/c1-6-7-8-9-10-11-12-24-31-36-41-46-51-59(62)65-56(53-64-58(61)50-45-40-35-30-26-21-17-19-23-28-33-38-43-48-55(4)5)52-63-57(60)49-44-39-34-29-25-20-16-14-13-15-18-22-27-32-37-42-47-54(2)3/h54-56H,6-53H2,1-5H3/t56-/m1/s1. The first-order chi connectivity index (χ1) is 31.7. The number of unbranched alkanes of at least 4 members (excludes halogenated alkanes) is 38. The van der Waals surface area contributed by atoms with Crippen molar-refractivity contribution in [2.75, 3.05) is 13.2 Å². The number of rotatable bonds is 53. The second-order valence-corrected chi connectivity index (χ2v) is 21.2. The summed E-state index contributed by atoms with van der Waals surface area (Å²) in [6.07, 6.45) is 55.2. The smallest absolute Gasteiger partial charge is 0.306 e. The fourth-order valence-corrected chi connectivity index (χ4v) is 9.05. The van der Waals surface area contributed by atoms with Gasteiger partial charge in [0.1, 0.15) is 13.2 Å². The summed E-state index contributed by atoms with van der Waals surface area (Å²) in [7, 11) is 0. The van der Waals surface area contributed by atoms with E-state index < -0.39 is 6.10 Å². The summed E-state index contributed by atoms with van der Waals surface area (Å²) in [5.41, 5.74) is 0. The minimum absolute atomic E-state index is 0.0625. The second-order valence-electron chi connectivity index (χ2n) is 21.2. The maximum atomic E-state index is 12.8. The highest BCUT2D eigenvalue weighted by atomic mass is 16.6. The molecule has 0 radical (unpaired) electrons. The molecule has 6 heteroatoms. The van der Waals surface area contributed by atoms with Crippen LogP contribution in [0.2, 0.25) is 0 Å². The summed E-state index contributed by atoms with van der Waals surface area (Å²) in [5.74, 6) is 0.854. The van der Waals surface area contributed by atoms with Gasteiger partial charge in [0, 0.05) is 19.3 Å². The Balaban J connectivity index is 4.25. The molecule has 0 aliphatic rings. The fraction of sp³-hybridized carbons (Fsp3) is 0.949. The van der Waals surface area contributed by atoms with Crippen LogP contribution in [0.15, 0.2) is 0 Å². The molecule has 0 bridgehead atoms. The van der Waals surface area contributed by atoms with Crippen LogP contribution in [0, 0.1) is 11.8 Å². The van der Waals surface area contributed by atoms with Crippen molar-refractivity contribution in [2.45, 2.75) is 336 Å². The van der Waals surface area contributed by atoms with E-state index in [0.717, 1.165) is 69.6 Å². The first-order valence-electron chi connectivity index (χ1n) is 29.2. The molecular formula is C59H114O6. The average molecular weight is 920 g/mol. The minimum atomic E-state index is -0.762. The molecule has 0 heterocycles. The van der Waals surface area contributed by atoms with Crippen LogP contribution >= 0.6 is 0 Å². The van der Waals surface area contributed by atoms with Crippen molar-refractivity contribution in [3.05, 3.63) is 0 Å². The average Bonchev–Trinajstić information content (AvgIpc) is 3.28. The van der Waals surface area contributed by atoms with Gasteiger partial charge < -0.3 is 14.2 Å². The monoisotopic (exact) mass is 919 g/mol. The SMILES string of the molecule is CCCCCCCCCCCCCCC(=O)O[C@H](COC(=O)CCCCCCCCCCCCCCCCCCC(C)C)COC(=O)CCCCCCCCCCCCCCCC(C)C. The molecule has 0 aromatic rings. The summed E-state index contributed by atoms with van der Waals surface area (Å²) < 4.78 is 16.9. The zero-order valence-electron chi connectivity index (χ0n) is 44.6. The number of carbonyl (C=O) groups is 3. The zero-order chi connectivity index (χ0) is 47.5. The van der Waals surface area contributed by atoms with E-state index in [9.17, 15) is 14.4 Å². The molecule has 0 aliphatic heterocycles. The van der Waals surface area contributed by atoms with Crippen molar-refractivity contribution in [1.29, 1.82) is 0 Å². The third kappa shape index (κ3) is 53.2. The second kappa shape index (κ2) is 51.8. The van der Waals surface area contributed by atoms with Gasteiger partial charge in [-0.05, 0) is 31.1 Å². The van der Waals surface area contributed by atoms with Crippen LogP contribution < -0.4 is 0 Å². The Kier molecular flexibility index (Phi) is 50.5. The first kappa shape index (κ1) is 63.4. The van der Waals surface area contributed by atoms with Crippen molar-refractivity contribution in [1.82, 2.24) is 0 Å². The van der Waals surface area contributed by atoms with Crippen LogP contribution in [-0.2, 0) is 28.6 Å². The quantitative estimate of drug-likeness (QED) is 0.0344. The molecule has 0 rings (SSSR count). The Morgan fingerprint density at radius 1 is 0.292 bits per heavy atom. The fourth-order valence-electron chi connectivity index (χ4n) is 9.05. The lowest BCUT2D eigenvalue weighted by Gasteiger charge is -2.18. The number of esters is 3. The van der Waals surface area contributed by atoms with Crippen LogP contribution in [0.5, 0.6) is 0 Å². The summed E-state index contributed by atoms with van der Waals surface area (Å²) >= 11 is 0. The first-order valence-corrected chi connectivity index (χ1v) is 29.2. The van der Waals surface area contributed by atoms with Gasteiger partial charge in [-0.3, -0.25) is 14.4 Å². The van der Waals surface area contributed by atoms with E-state index in [2.05, 4.69) is 34.6 Å². The van der Waals surface area contributed by atoms with E-state index in [1.165, 1.54) is 218 Å². The van der Waals surface area contributed by atoms with Crippen molar-refractivity contribution in [3.8, 4) is 0 Å². The molecule has 0 aromatic carbocycles. The van der Waals surface area contributed by atoms with Gasteiger partial charge in [-0.15, -0.1) is 0 Å². The van der Waals surface area contributed by atoms with Gasteiger partial charge in [-0.25, -0.2) is 0 Å². The van der Waals surface area contributed by atoms with Gasteiger partial charge in [0.25, 0.3) is 0 Å². The zero-order valence-corrected chi connectivity index (χ0v) is 44.6.